The Bertz CT molecular complexity index is 198. The molecule has 4 nitrogen and oxygen atoms in total. The molecule has 0 bridgehead atoms. The molecule has 13 heavy (non-hydrogen) atoms. The van der Waals surface area contributed by atoms with Gasteiger partial charge >= 0.3 is 5.97 Å². The summed E-state index contributed by atoms with van der Waals surface area (Å²) in [6.45, 7) is 1.70. The Labute approximate surface area is 86.1 Å². The molecule has 2 atom stereocenters. The molecular weight excluding hydrogens is 210 g/mol. The van der Waals surface area contributed by atoms with E-state index in [-0.39, 0.29) is 23.9 Å². The lowest BCUT2D eigenvalue weighted by Gasteiger charge is -2.12. The first-order valence-corrected chi connectivity index (χ1v) is 5.73. The maximum Gasteiger partial charge on any atom is 0.303 e. The third-order valence-corrected chi connectivity index (χ3v) is 3.09. The number of Topliss-reactive ketones (excluding diaryl/α,β-unsaturated/α-hetero) is 1. The number of hydrogen-bond donors (Lipinski definition) is 3. The summed E-state index contributed by atoms with van der Waals surface area (Å²) in [4.78, 5) is 21.5. The van der Waals surface area contributed by atoms with Crippen LogP contribution in [0, 0.1) is 0 Å². The molecule has 0 aliphatic carbocycles. The van der Waals surface area contributed by atoms with Crippen LogP contribution >= 0.6 is 22.5 Å². The maximum absolute atomic E-state index is 11.3. The van der Waals surface area contributed by atoms with E-state index in [1.54, 1.807) is 6.92 Å². The minimum atomic E-state index is -0.936. The zero-order chi connectivity index (χ0) is 10.4. The quantitative estimate of drug-likeness (QED) is 0.456. The lowest BCUT2D eigenvalue weighted by molar-refractivity contribution is -0.137. The Hall–Kier alpha value is -0.200. The predicted molar refractivity (Wildman–Crippen MR) is 55.9 cm³/mol. The standard InChI is InChI=1S/C7H13NO3S2/c1-4(13-12)7(11)5(8)2-3-6(9)10/h4-5,12H,2-3,8H2,1H3,(H,9,10). The van der Waals surface area contributed by atoms with E-state index in [4.69, 9.17) is 10.8 Å². The molecule has 0 aromatic heterocycles. The summed E-state index contributed by atoms with van der Waals surface area (Å²) >= 11 is 3.88. The van der Waals surface area contributed by atoms with Crippen molar-refractivity contribution in [2.24, 2.45) is 5.73 Å². The molecule has 0 spiro atoms. The highest BCUT2D eigenvalue weighted by Gasteiger charge is 2.20. The molecular formula is C7H13NO3S2. The second-order valence-electron chi connectivity index (χ2n) is 2.69. The normalized spacial score (nSPS) is 15.0. The molecule has 0 rings (SSSR count). The van der Waals surface area contributed by atoms with E-state index < -0.39 is 12.0 Å². The number of carbonyl (C=O) groups excluding carboxylic acids is 1. The minimum absolute atomic E-state index is 0.0726. The monoisotopic (exact) mass is 223 g/mol. The van der Waals surface area contributed by atoms with E-state index in [1.165, 1.54) is 0 Å². The summed E-state index contributed by atoms with van der Waals surface area (Å²) < 4.78 is 0. The molecule has 6 heteroatoms. The molecule has 0 aromatic carbocycles. The van der Waals surface area contributed by atoms with Gasteiger partial charge < -0.3 is 10.8 Å². The molecule has 0 amide bonds. The van der Waals surface area contributed by atoms with E-state index in [9.17, 15) is 9.59 Å². The number of thiol groups is 1. The molecule has 0 aliphatic rings. The van der Waals surface area contributed by atoms with Gasteiger partial charge in [-0.2, -0.15) is 0 Å². The number of carboxylic acids is 1. The Kier molecular flexibility index (Phi) is 6.19. The smallest absolute Gasteiger partial charge is 0.303 e. The molecule has 0 radical (unpaired) electrons. The Morgan fingerprint density at radius 2 is 2.15 bits per heavy atom. The number of carboxylic acid groups (broad SMARTS) is 1. The topological polar surface area (TPSA) is 80.4 Å². The first-order valence-electron chi connectivity index (χ1n) is 3.80. The van der Waals surface area contributed by atoms with Crippen molar-refractivity contribution in [2.75, 3.05) is 0 Å². The number of nitrogens with two attached hydrogens (primary N) is 1. The SMILES string of the molecule is CC(SS)C(=O)C(N)CCC(=O)O. The van der Waals surface area contributed by atoms with Crippen LogP contribution in [0.3, 0.4) is 0 Å². The van der Waals surface area contributed by atoms with Crippen molar-refractivity contribution >= 4 is 34.2 Å². The lowest BCUT2D eigenvalue weighted by atomic mass is 10.1. The summed E-state index contributed by atoms with van der Waals surface area (Å²) in [5, 5.41) is 8.07. The average Bonchev–Trinajstić information content (AvgIpc) is 2.11. The number of aliphatic carboxylic acids is 1. The van der Waals surface area contributed by atoms with Gasteiger partial charge in [-0.05, 0) is 13.3 Å². The average molecular weight is 223 g/mol. The number of hydrogen-bond acceptors (Lipinski definition) is 5. The third kappa shape index (κ3) is 5.17. The number of carbonyl (C=O) groups is 2. The molecule has 2 unspecified atom stereocenters. The van der Waals surface area contributed by atoms with Crippen molar-refractivity contribution in [1.29, 1.82) is 0 Å². The van der Waals surface area contributed by atoms with E-state index in [0.717, 1.165) is 10.8 Å². The van der Waals surface area contributed by atoms with Gasteiger partial charge in [-0.3, -0.25) is 9.59 Å². The van der Waals surface area contributed by atoms with Crippen LogP contribution in [-0.4, -0.2) is 28.2 Å². The first kappa shape index (κ1) is 12.8. The van der Waals surface area contributed by atoms with E-state index >= 15 is 0 Å². The fourth-order valence-corrected chi connectivity index (χ4v) is 1.37. The minimum Gasteiger partial charge on any atom is -0.481 e. The zero-order valence-electron chi connectivity index (χ0n) is 7.27. The number of ketones is 1. The van der Waals surface area contributed by atoms with E-state index in [0.29, 0.717) is 0 Å². The van der Waals surface area contributed by atoms with Crippen molar-refractivity contribution in [2.45, 2.75) is 31.1 Å². The van der Waals surface area contributed by atoms with Gasteiger partial charge in [-0.25, -0.2) is 0 Å². The van der Waals surface area contributed by atoms with Gasteiger partial charge in [0.25, 0.3) is 0 Å². The van der Waals surface area contributed by atoms with Gasteiger partial charge in [-0.1, -0.05) is 10.8 Å². The largest absolute Gasteiger partial charge is 0.481 e. The van der Waals surface area contributed by atoms with Crippen LogP contribution in [0.25, 0.3) is 0 Å². The van der Waals surface area contributed by atoms with Crippen molar-refractivity contribution in [3.63, 3.8) is 0 Å². The van der Waals surface area contributed by atoms with Crippen molar-refractivity contribution < 1.29 is 14.7 Å². The summed E-state index contributed by atoms with van der Waals surface area (Å²) in [5.74, 6) is -1.09. The molecule has 0 fully saturated rings. The zero-order valence-corrected chi connectivity index (χ0v) is 8.98. The maximum atomic E-state index is 11.3. The number of rotatable bonds is 6. The highest BCUT2D eigenvalue weighted by Crippen LogP contribution is 2.16. The van der Waals surface area contributed by atoms with Crippen LogP contribution in [0.2, 0.25) is 0 Å². The molecule has 0 aromatic rings. The van der Waals surface area contributed by atoms with Crippen molar-refractivity contribution in [3.8, 4) is 0 Å². The fraction of sp³-hybridized carbons (Fsp3) is 0.714. The molecule has 0 saturated heterocycles. The molecule has 0 saturated carbocycles. The molecule has 76 valence electrons. The van der Waals surface area contributed by atoms with Crippen LogP contribution in [0.5, 0.6) is 0 Å². The second-order valence-corrected chi connectivity index (χ2v) is 4.24. The molecule has 0 heterocycles. The highest BCUT2D eigenvalue weighted by atomic mass is 33.1. The van der Waals surface area contributed by atoms with Crippen LogP contribution < -0.4 is 5.73 Å². The van der Waals surface area contributed by atoms with E-state index in [1.807, 2.05) is 0 Å². The summed E-state index contributed by atoms with van der Waals surface area (Å²) in [6, 6.07) is -0.689. The van der Waals surface area contributed by atoms with Gasteiger partial charge in [0.15, 0.2) is 5.78 Å². The Morgan fingerprint density at radius 1 is 1.62 bits per heavy atom. The van der Waals surface area contributed by atoms with Gasteiger partial charge in [-0.15, -0.1) is 11.7 Å². The van der Waals surface area contributed by atoms with Gasteiger partial charge in [0.05, 0.1) is 11.3 Å². The van der Waals surface area contributed by atoms with Crippen LogP contribution in [-0.2, 0) is 9.59 Å². The second kappa shape index (κ2) is 6.28. The van der Waals surface area contributed by atoms with Gasteiger partial charge in [0.1, 0.15) is 0 Å². The summed E-state index contributed by atoms with van der Waals surface area (Å²) in [5.41, 5.74) is 5.48. The highest BCUT2D eigenvalue weighted by molar-refractivity contribution is 8.69. The van der Waals surface area contributed by atoms with Gasteiger partial charge in [0.2, 0.25) is 0 Å². The van der Waals surface area contributed by atoms with Crippen molar-refractivity contribution in [1.82, 2.24) is 0 Å². The van der Waals surface area contributed by atoms with Crippen LogP contribution in [0.1, 0.15) is 19.8 Å². The lowest BCUT2D eigenvalue weighted by Crippen LogP contribution is -2.36. The summed E-state index contributed by atoms with van der Waals surface area (Å²) in [6.07, 6.45) is 0.115. The van der Waals surface area contributed by atoms with Crippen LogP contribution in [0.4, 0.5) is 0 Å². The van der Waals surface area contributed by atoms with Crippen LogP contribution in [0.15, 0.2) is 0 Å². The predicted octanol–water partition coefficient (Wildman–Crippen LogP) is 0.714. The third-order valence-electron chi connectivity index (χ3n) is 1.59. The van der Waals surface area contributed by atoms with Gasteiger partial charge in [0, 0.05) is 6.42 Å². The Morgan fingerprint density at radius 3 is 2.54 bits per heavy atom. The Balaban J connectivity index is 3.89. The summed E-state index contributed by atoms with van der Waals surface area (Å²) in [7, 11) is 1.11. The van der Waals surface area contributed by atoms with Crippen molar-refractivity contribution in [3.05, 3.63) is 0 Å². The first-order chi connectivity index (χ1) is 5.99. The molecule has 0 aliphatic heterocycles. The van der Waals surface area contributed by atoms with E-state index in [2.05, 4.69) is 11.7 Å². The fourth-order valence-electron chi connectivity index (χ4n) is 0.775. The molecule has 3 N–H and O–H groups in total.